The van der Waals surface area contributed by atoms with E-state index in [9.17, 15) is 4.79 Å². The molecule has 2 unspecified atom stereocenters. The predicted molar refractivity (Wildman–Crippen MR) is 79.2 cm³/mol. The molecule has 0 radical (unpaired) electrons. The van der Waals surface area contributed by atoms with Crippen molar-refractivity contribution in [2.75, 3.05) is 13.7 Å². The van der Waals surface area contributed by atoms with E-state index in [1.807, 2.05) is 18.2 Å². The fourth-order valence-electron chi connectivity index (χ4n) is 3.23. The topological polar surface area (TPSA) is 38.3 Å². The van der Waals surface area contributed by atoms with Gasteiger partial charge in [-0.25, -0.2) is 0 Å². The van der Waals surface area contributed by atoms with Crippen molar-refractivity contribution in [1.29, 1.82) is 0 Å². The van der Waals surface area contributed by atoms with Crippen molar-refractivity contribution < 1.29 is 9.53 Å². The highest BCUT2D eigenvalue weighted by Crippen LogP contribution is 2.41. The number of esters is 1. The van der Waals surface area contributed by atoms with Gasteiger partial charge in [0.2, 0.25) is 0 Å². The Hall–Kier alpha value is -1.79. The van der Waals surface area contributed by atoms with Crippen molar-refractivity contribution in [2.24, 2.45) is 0 Å². The van der Waals surface area contributed by atoms with Crippen LogP contribution < -0.4 is 5.32 Å². The summed E-state index contributed by atoms with van der Waals surface area (Å²) < 4.78 is 5.07. The first-order valence-electron chi connectivity index (χ1n) is 7.06. The summed E-state index contributed by atoms with van der Waals surface area (Å²) in [6.07, 6.45) is 9.23. The van der Waals surface area contributed by atoms with Crippen molar-refractivity contribution in [2.45, 2.75) is 37.1 Å². The molecule has 1 N–H and O–H groups in total. The van der Waals surface area contributed by atoms with E-state index < -0.39 is 5.54 Å². The van der Waals surface area contributed by atoms with Crippen LogP contribution in [0.1, 0.15) is 37.2 Å². The lowest BCUT2D eigenvalue weighted by Gasteiger charge is -2.42. The average Bonchev–Trinajstić information content (AvgIpc) is 2.53. The summed E-state index contributed by atoms with van der Waals surface area (Å²) in [6.45, 7) is 0.373. The molecule has 1 aliphatic rings. The number of carbonyl (C=O) groups excluding carboxylic acids is 1. The smallest absolute Gasteiger partial charge is 0.326 e. The Balaban J connectivity index is 2.39. The van der Waals surface area contributed by atoms with Gasteiger partial charge in [0.1, 0.15) is 5.54 Å². The summed E-state index contributed by atoms with van der Waals surface area (Å²) in [6, 6.07) is 10.2. The maximum atomic E-state index is 12.4. The summed E-state index contributed by atoms with van der Waals surface area (Å²) in [5.41, 5.74) is 0.475. The van der Waals surface area contributed by atoms with Gasteiger partial charge < -0.3 is 4.74 Å². The van der Waals surface area contributed by atoms with E-state index in [0.29, 0.717) is 6.54 Å². The number of hydrogen-bond acceptors (Lipinski definition) is 3. The standard InChI is InChI=1S/C17H21NO2/c1-3-13-18-17(16(19)20-2)12-8-7-11-15(17)14-9-5-4-6-10-14/h1,4-6,9-10,15,18H,7-8,11-13H2,2H3. The normalized spacial score (nSPS) is 25.7. The Kier molecular flexibility index (Phi) is 4.81. The van der Waals surface area contributed by atoms with Crippen LogP contribution in [0.15, 0.2) is 30.3 Å². The average molecular weight is 271 g/mol. The predicted octanol–water partition coefficient (Wildman–Crippen LogP) is 2.48. The zero-order valence-corrected chi connectivity index (χ0v) is 11.9. The van der Waals surface area contributed by atoms with Gasteiger partial charge >= 0.3 is 5.97 Å². The van der Waals surface area contributed by atoms with E-state index in [2.05, 4.69) is 23.4 Å². The summed E-state index contributed by atoms with van der Waals surface area (Å²) >= 11 is 0. The molecule has 106 valence electrons. The molecule has 1 fully saturated rings. The molecule has 1 aromatic rings. The van der Waals surface area contributed by atoms with Crippen LogP contribution >= 0.6 is 0 Å². The van der Waals surface area contributed by atoms with E-state index in [4.69, 9.17) is 11.2 Å². The Morgan fingerprint density at radius 1 is 1.45 bits per heavy atom. The third-order valence-electron chi connectivity index (χ3n) is 4.17. The fourth-order valence-corrected chi connectivity index (χ4v) is 3.23. The number of hydrogen-bond donors (Lipinski definition) is 1. The van der Waals surface area contributed by atoms with Crippen LogP contribution in [-0.4, -0.2) is 25.2 Å². The minimum Gasteiger partial charge on any atom is -0.468 e. The maximum Gasteiger partial charge on any atom is 0.326 e. The molecule has 0 aliphatic heterocycles. The van der Waals surface area contributed by atoms with E-state index in [0.717, 1.165) is 25.7 Å². The number of terminal acetylenes is 1. The summed E-state index contributed by atoms with van der Waals surface area (Å²) in [5.74, 6) is 2.47. The van der Waals surface area contributed by atoms with Crippen LogP contribution in [0.3, 0.4) is 0 Å². The maximum absolute atomic E-state index is 12.4. The van der Waals surface area contributed by atoms with E-state index in [-0.39, 0.29) is 11.9 Å². The van der Waals surface area contributed by atoms with Crippen molar-refractivity contribution in [3.05, 3.63) is 35.9 Å². The van der Waals surface area contributed by atoms with E-state index >= 15 is 0 Å². The van der Waals surface area contributed by atoms with E-state index in [1.165, 1.54) is 12.7 Å². The first-order valence-corrected chi connectivity index (χ1v) is 7.06. The van der Waals surface area contributed by atoms with Crippen LogP contribution in [0.4, 0.5) is 0 Å². The number of carbonyl (C=O) groups is 1. The van der Waals surface area contributed by atoms with Gasteiger partial charge in [0, 0.05) is 5.92 Å². The molecule has 1 saturated carbocycles. The van der Waals surface area contributed by atoms with Gasteiger partial charge in [-0.15, -0.1) is 6.42 Å². The molecule has 0 heterocycles. The molecule has 0 bridgehead atoms. The van der Waals surface area contributed by atoms with Gasteiger partial charge in [0.05, 0.1) is 13.7 Å². The number of benzene rings is 1. The lowest BCUT2D eigenvalue weighted by Crippen LogP contribution is -2.58. The Labute approximate surface area is 120 Å². The highest BCUT2D eigenvalue weighted by molar-refractivity contribution is 5.82. The molecule has 2 atom stereocenters. The van der Waals surface area contributed by atoms with Gasteiger partial charge in [-0.2, -0.15) is 0 Å². The van der Waals surface area contributed by atoms with Crippen molar-refractivity contribution >= 4 is 5.97 Å². The molecule has 0 amide bonds. The molecule has 1 aliphatic carbocycles. The molecule has 0 spiro atoms. The van der Waals surface area contributed by atoms with Gasteiger partial charge in [-0.3, -0.25) is 10.1 Å². The lowest BCUT2D eigenvalue weighted by atomic mass is 9.69. The molecule has 0 aromatic heterocycles. The second kappa shape index (κ2) is 6.58. The Morgan fingerprint density at radius 2 is 2.20 bits per heavy atom. The van der Waals surface area contributed by atoms with Crippen LogP contribution in [-0.2, 0) is 9.53 Å². The van der Waals surface area contributed by atoms with E-state index in [1.54, 1.807) is 0 Å². The van der Waals surface area contributed by atoms with Gasteiger partial charge in [0.25, 0.3) is 0 Å². The fraction of sp³-hybridized carbons (Fsp3) is 0.471. The van der Waals surface area contributed by atoms with Crippen LogP contribution in [0.5, 0.6) is 0 Å². The number of rotatable bonds is 4. The monoisotopic (exact) mass is 271 g/mol. The highest BCUT2D eigenvalue weighted by Gasteiger charge is 2.48. The molecule has 3 nitrogen and oxygen atoms in total. The molecular formula is C17H21NO2. The minimum absolute atomic E-state index is 0.109. The first-order chi connectivity index (χ1) is 9.74. The third-order valence-corrected chi connectivity index (χ3v) is 4.17. The van der Waals surface area contributed by atoms with Gasteiger partial charge in [-0.05, 0) is 18.4 Å². The quantitative estimate of drug-likeness (QED) is 0.675. The zero-order valence-electron chi connectivity index (χ0n) is 11.9. The third kappa shape index (κ3) is 2.71. The van der Waals surface area contributed by atoms with Crippen LogP contribution in [0.25, 0.3) is 0 Å². The number of ether oxygens (including phenoxy) is 1. The zero-order chi connectivity index (χ0) is 14.4. The van der Waals surface area contributed by atoms with Crippen LogP contribution in [0.2, 0.25) is 0 Å². The van der Waals surface area contributed by atoms with Crippen LogP contribution in [0, 0.1) is 12.3 Å². The first kappa shape index (κ1) is 14.6. The Morgan fingerprint density at radius 3 is 2.85 bits per heavy atom. The second-order valence-corrected chi connectivity index (χ2v) is 5.23. The molecule has 20 heavy (non-hydrogen) atoms. The van der Waals surface area contributed by atoms with Gasteiger partial charge in [0.15, 0.2) is 0 Å². The molecule has 3 heteroatoms. The minimum atomic E-state index is -0.694. The van der Waals surface area contributed by atoms with Crippen molar-refractivity contribution in [3.8, 4) is 12.3 Å². The SMILES string of the molecule is C#CCNC1(C(=O)OC)CCCCC1c1ccccc1. The largest absolute Gasteiger partial charge is 0.468 e. The molecular weight excluding hydrogens is 250 g/mol. The number of nitrogens with one attached hydrogen (secondary N) is 1. The summed E-state index contributed by atoms with van der Waals surface area (Å²) in [7, 11) is 1.44. The summed E-state index contributed by atoms with van der Waals surface area (Å²) in [4.78, 5) is 12.4. The van der Waals surface area contributed by atoms with Crippen molar-refractivity contribution in [3.63, 3.8) is 0 Å². The lowest BCUT2D eigenvalue weighted by molar-refractivity contribution is -0.151. The summed E-state index contributed by atoms with van der Waals surface area (Å²) in [5, 5.41) is 3.27. The molecule has 1 aromatic carbocycles. The molecule has 2 rings (SSSR count). The van der Waals surface area contributed by atoms with Gasteiger partial charge in [-0.1, -0.05) is 49.1 Å². The Bertz CT molecular complexity index is 491. The number of methoxy groups -OCH3 is 1. The molecule has 0 saturated heterocycles. The highest BCUT2D eigenvalue weighted by atomic mass is 16.5. The second-order valence-electron chi connectivity index (χ2n) is 5.23. The van der Waals surface area contributed by atoms with Crippen molar-refractivity contribution in [1.82, 2.24) is 5.32 Å².